The van der Waals surface area contributed by atoms with Crippen LogP contribution in [0.1, 0.15) is 11.3 Å². The smallest absolute Gasteiger partial charge is 0.323 e. The molecule has 1 aromatic heterocycles. The first-order valence-electron chi connectivity index (χ1n) is 6.94. The van der Waals surface area contributed by atoms with Crippen LogP contribution in [0.25, 0.3) is 0 Å². The van der Waals surface area contributed by atoms with Gasteiger partial charge in [-0.2, -0.15) is 0 Å². The first-order valence-corrected chi connectivity index (χ1v) is 6.94. The van der Waals surface area contributed by atoms with Crippen LogP contribution in [-0.4, -0.2) is 36.3 Å². The molecular formula is C15H17N3O4. The van der Waals surface area contributed by atoms with E-state index in [2.05, 4.69) is 10.5 Å². The monoisotopic (exact) mass is 303 g/mol. The molecule has 0 radical (unpaired) electrons. The van der Waals surface area contributed by atoms with E-state index in [0.29, 0.717) is 31.3 Å². The zero-order valence-corrected chi connectivity index (χ0v) is 12.5. The molecule has 7 heteroatoms. The van der Waals surface area contributed by atoms with Crippen LogP contribution in [0.4, 0.5) is 10.6 Å². The minimum absolute atomic E-state index is 0.236. The number of aryl methyl sites for hydroxylation is 1. The summed E-state index contributed by atoms with van der Waals surface area (Å²) >= 11 is 0. The van der Waals surface area contributed by atoms with Crippen molar-refractivity contribution in [2.75, 3.05) is 25.6 Å². The van der Waals surface area contributed by atoms with Crippen LogP contribution in [0.15, 0.2) is 28.8 Å². The Morgan fingerprint density at radius 2 is 2.27 bits per heavy atom. The van der Waals surface area contributed by atoms with Gasteiger partial charge >= 0.3 is 6.03 Å². The predicted octanol–water partition coefficient (Wildman–Crippen LogP) is 2.42. The van der Waals surface area contributed by atoms with Crippen molar-refractivity contribution < 1.29 is 18.8 Å². The van der Waals surface area contributed by atoms with E-state index >= 15 is 0 Å². The number of urea groups is 1. The van der Waals surface area contributed by atoms with Crippen LogP contribution in [0.5, 0.6) is 11.5 Å². The highest BCUT2D eigenvalue weighted by molar-refractivity contribution is 5.88. The molecule has 0 saturated carbocycles. The number of anilines is 1. The van der Waals surface area contributed by atoms with Crippen molar-refractivity contribution in [1.29, 1.82) is 0 Å². The number of fused-ring (bicyclic) bond motifs is 1. The Labute approximate surface area is 127 Å². The molecule has 2 aromatic rings. The van der Waals surface area contributed by atoms with Crippen molar-refractivity contribution in [3.63, 3.8) is 0 Å². The second kappa shape index (κ2) is 5.97. The largest absolute Gasteiger partial charge is 0.497 e. The molecule has 1 aliphatic rings. The number of nitrogens with zero attached hydrogens (tertiary/aromatic N) is 2. The van der Waals surface area contributed by atoms with E-state index in [1.165, 1.54) is 0 Å². The number of benzene rings is 1. The molecule has 2 amide bonds. The minimum Gasteiger partial charge on any atom is -0.497 e. The van der Waals surface area contributed by atoms with Crippen molar-refractivity contribution in [2.24, 2.45) is 0 Å². The number of carbonyl (C=O) groups excluding carboxylic acids is 1. The standard InChI is InChI=1S/C15H17N3O4/c1-10-7-14(17-22-10)16-15(19)18-5-6-21-13-8-12(20-2)4-3-11(13)9-18/h3-4,7-8H,5-6,9H2,1-2H3,(H,16,17,19). The molecule has 22 heavy (non-hydrogen) atoms. The summed E-state index contributed by atoms with van der Waals surface area (Å²) in [6.07, 6.45) is 0. The summed E-state index contributed by atoms with van der Waals surface area (Å²) in [6.45, 7) is 3.14. The van der Waals surface area contributed by atoms with Crippen LogP contribution < -0.4 is 14.8 Å². The van der Waals surface area contributed by atoms with Gasteiger partial charge < -0.3 is 18.9 Å². The summed E-state index contributed by atoms with van der Waals surface area (Å²) in [6, 6.07) is 7.02. The minimum atomic E-state index is -0.236. The van der Waals surface area contributed by atoms with Crippen molar-refractivity contribution >= 4 is 11.8 Å². The van der Waals surface area contributed by atoms with E-state index in [4.69, 9.17) is 14.0 Å². The highest BCUT2D eigenvalue weighted by atomic mass is 16.5. The van der Waals surface area contributed by atoms with E-state index in [0.717, 1.165) is 17.1 Å². The highest BCUT2D eigenvalue weighted by Crippen LogP contribution is 2.28. The average Bonchev–Trinajstić information content (AvgIpc) is 2.81. The van der Waals surface area contributed by atoms with E-state index in [1.54, 1.807) is 25.0 Å². The van der Waals surface area contributed by atoms with Crippen LogP contribution >= 0.6 is 0 Å². The molecule has 1 N–H and O–H groups in total. The van der Waals surface area contributed by atoms with Gasteiger partial charge in [0.1, 0.15) is 23.9 Å². The van der Waals surface area contributed by atoms with Gasteiger partial charge in [0.05, 0.1) is 20.2 Å². The Morgan fingerprint density at radius 3 is 3.00 bits per heavy atom. The number of hydrogen-bond acceptors (Lipinski definition) is 5. The lowest BCUT2D eigenvalue weighted by Crippen LogP contribution is -2.36. The fraction of sp³-hybridized carbons (Fsp3) is 0.333. The molecule has 0 bridgehead atoms. The number of carbonyl (C=O) groups is 1. The molecule has 0 unspecified atom stereocenters. The molecule has 3 rings (SSSR count). The fourth-order valence-corrected chi connectivity index (χ4v) is 2.26. The molecule has 0 spiro atoms. The lowest BCUT2D eigenvalue weighted by atomic mass is 10.2. The van der Waals surface area contributed by atoms with Crippen LogP contribution in [0.2, 0.25) is 0 Å². The average molecular weight is 303 g/mol. The summed E-state index contributed by atoms with van der Waals surface area (Å²) in [4.78, 5) is 14.0. The highest BCUT2D eigenvalue weighted by Gasteiger charge is 2.21. The Bertz CT molecular complexity index is 683. The van der Waals surface area contributed by atoms with E-state index in [9.17, 15) is 4.79 Å². The first kappa shape index (κ1) is 14.2. The zero-order chi connectivity index (χ0) is 15.5. The third-order valence-corrected chi connectivity index (χ3v) is 3.40. The van der Waals surface area contributed by atoms with E-state index < -0.39 is 0 Å². The number of aromatic nitrogens is 1. The van der Waals surface area contributed by atoms with Crippen molar-refractivity contribution in [2.45, 2.75) is 13.5 Å². The van der Waals surface area contributed by atoms with Gasteiger partial charge in [-0.25, -0.2) is 4.79 Å². The maximum absolute atomic E-state index is 12.3. The second-order valence-electron chi connectivity index (χ2n) is 5.00. The molecule has 1 aromatic carbocycles. The summed E-state index contributed by atoms with van der Waals surface area (Å²) in [5.74, 6) is 2.52. The van der Waals surface area contributed by atoms with Crippen LogP contribution in [-0.2, 0) is 6.54 Å². The summed E-state index contributed by atoms with van der Waals surface area (Å²) in [7, 11) is 1.61. The molecule has 0 fully saturated rings. The lowest BCUT2D eigenvalue weighted by molar-refractivity contribution is 0.200. The first-order chi connectivity index (χ1) is 10.7. The molecule has 1 aliphatic heterocycles. The Balaban J connectivity index is 1.73. The third kappa shape index (κ3) is 2.98. The summed E-state index contributed by atoms with van der Waals surface area (Å²) in [5, 5.41) is 6.48. The lowest BCUT2D eigenvalue weighted by Gasteiger charge is -2.19. The third-order valence-electron chi connectivity index (χ3n) is 3.40. The maximum atomic E-state index is 12.3. The quantitative estimate of drug-likeness (QED) is 0.922. The van der Waals surface area contributed by atoms with Gasteiger partial charge in [-0.05, 0) is 19.1 Å². The number of ether oxygens (including phenoxy) is 2. The Morgan fingerprint density at radius 1 is 1.41 bits per heavy atom. The number of rotatable bonds is 2. The van der Waals surface area contributed by atoms with Crippen molar-refractivity contribution in [1.82, 2.24) is 10.1 Å². The van der Waals surface area contributed by atoms with Gasteiger partial charge in [-0.1, -0.05) is 5.16 Å². The SMILES string of the molecule is COc1ccc2c(c1)OCCN(C(=O)Nc1cc(C)on1)C2. The predicted molar refractivity (Wildman–Crippen MR) is 79.2 cm³/mol. The van der Waals surface area contributed by atoms with Gasteiger partial charge in [-0.3, -0.25) is 5.32 Å². The number of methoxy groups -OCH3 is 1. The Kier molecular flexibility index (Phi) is 3.86. The van der Waals surface area contributed by atoms with E-state index in [1.807, 2.05) is 18.2 Å². The van der Waals surface area contributed by atoms with Gasteiger partial charge in [0, 0.05) is 17.7 Å². The molecule has 0 atom stereocenters. The fourth-order valence-electron chi connectivity index (χ4n) is 2.26. The Hall–Kier alpha value is -2.70. The molecule has 116 valence electrons. The number of hydrogen-bond donors (Lipinski definition) is 1. The maximum Gasteiger partial charge on any atom is 0.323 e. The normalized spacial score (nSPS) is 13.8. The molecule has 2 heterocycles. The molecule has 7 nitrogen and oxygen atoms in total. The number of amides is 2. The summed E-state index contributed by atoms with van der Waals surface area (Å²) < 4.78 is 15.8. The van der Waals surface area contributed by atoms with Gasteiger partial charge in [0.2, 0.25) is 0 Å². The van der Waals surface area contributed by atoms with Gasteiger partial charge in [-0.15, -0.1) is 0 Å². The number of nitrogens with one attached hydrogen (secondary N) is 1. The molecule has 0 saturated heterocycles. The second-order valence-corrected chi connectivity index (χ2v) is 5.00. The molecular weight excluding hydrogens is 286 g/mol. The van der Waals surface area contributed by atoms with Crippen LogP contribution in [0.3, 0.4) is 0 Å². The van der Waals surface area contributed by atoms with E-state index in [-0.39, 0.29) is 6.03 Å². The van der Waals surface area contributed by atoms with Crippen molar-refractivity contribution in [3.8, 4) is 11.5 Å². The topological polar surface area (TPSA) is 76.8 Å². The summed E-state index contributed by atoms with van der Waals surface area (Å²) in [5.41, 5.74) is 0.935. The zero-order valence-electron chi connectivity index (χ0n) is 12.5. The van der Waals surface area contributed by atoms with Gasteiger partial charge in [0.15, 0.2) is 5.82 Å². The van der Waals surface area contributed by atoms with Crippen LogP contribution in [0, 0.1) is 6.92 Å². The molecule has 0 aliphatic carbocycles. The van der Waals surface area contributed by atoms with Crippen molar-refractivity contribution in [3.05, 3.63) is 35.6 Å². The van der Waals surface area contributed by atoms with Gasteiger partial charge in [0.25, 0.3) is 0 Å².